The number of fused-ring (bicyclic) bond motifs is 1. The van der Waals surface area contributed by atoms with Crippen LogP contribution in [0.3, 0.4) is 0 Å². The molecule has 0 saturated heterocycles. The van der Waals surface area contributed by atoms with Gasteiger partial charge in [0.05, 0.1) is 11.0 Å². The smallest absolute Gasteiger partial charge is 0.295 e. The molecule has 1 aromatic heterocycles. The van der Waals surface area contributed by atoms with Gasteiger partial charge < -0.3 is 9.67 Å². The molecule has 2 rings (SSSR count). The van der Waals surface area contributed by atoms with E-state index in [1.807, 2.05) is 0 Å². The zero-order valence-corrected chi connectivity index (χ0v) is 9.11. The van der Waals surface area contributed by atoms with Crippen LogP contribution >= 0.6 is 0 Å². The monoisotopic (exact) mass is 236 g/mol. The highest BCUT2D eigenvalue weighted by Gasteiger charge is 2.18. The van der Waals surface area contributed by atoms with Crippen LogP contribution in [0.4, 0.5) is 8.78 Å². The normalized spacial score (nSPS) is 11.5. The summed E-state index contributed by atoms with van der Waals surface area (Å²) in [5, 5.41) is 8.78. The molecular formula is C11H11BF2N2O. The molecule has 0 aliphatic rings. The van der Waals surface area contributed by atoms with Crippen molar-refractivity contribution in [3.8, 4) is 0 Å². The summed E-state index contributed by atoms with van der Waals surface area (Å²) in [7, 11) is 5.63. The number of aromatic nitrogens is 2. The molecule has 0 fully saturated rings. The standard InChI is InChI=1S/C11H11BF2N2O/c12-7-2-3-8-9(6-7)16(4-1-5-17)11(15-8)10(13)14/h2-3,6,10,17H,1,4-5H2. The minimum atomic E-state index is -2.64. The second-order valence-corrected chi connectivity index (χ2v) is 3.75. The van der Waals surface area contributed by atoms with Crippen molar-refractivity contribution in [2.75, 3.05) is 6.61 Å². The van der Waals surface area contributed by atoms with E-state index in [0.717, 1.165) is 0 Å². The maximum absolute atomic E-state index is 12.8. The van der Waals surface area contributed by atoms with Crippen molar-refractivity contribution < 1.29 is 13.9 Å². The van der Waals surface area contributed by atoms with Crippen molar-refractivity contribution in [1.29, 1.82) is 0 Å². The Labute approximate surface area is 98.5 Å². The number of imidazole rings is 1. The first-order valence-corrected chi connectivity index (χ1v) is 5.28. The van der Waals surface area contributed by atoms with Gasteiger partial charge >= 0.3 is 0 Å². The molecule has 0 amide bonds. The Bertz CT molecular complexity index is 527. The van der Waals surface area contributed by atoms with Crippen LogP contribution in [0.1, 0.15) is 18.7 Å². The first kappa shape index (κ1) is 12.0. The third-order valence-corrected chi connectivity index (χ3v) is 2.54. The van der Waals surface area contributed by atoms with Gasteiger partial charge in [-0.2, -0.15) is 0 Å². The predicted molar refractivity (Wildman–Crippen MR) is 61.8 cm³/mol. The van der Waals surface area contributed by atoms with Crippen LogP contribution in [0, 0.1) is 0 Å². The van der Waals surface area contributed by atoms with Crippen LogP contribution in [0.15, 0.2) is 18.2 Å². The highest BCUT2D eigenvalue weighted by molar-refractivity contribution is 6.33. The van der Waals surface area contributed by atoms with Crippen molar-refractivity contribution in [2.45, 2.75) is 19.4 Å². The lowest BCUT2D eigenvalue weighted by molar-refractivity contribution is 0.135. The number of benzene rings is 1. The van der Waals surface area contributed by atoms with Crippen molar-refractivity contribution in [3.05, 3.63) is 24.0 Å². The van der Waals surface area contributed by atoms with Gasteiger partial charge in [-0.3, -0.25) is 0 Å². The largest absolute Gasteiger partial charge is 0.396 e. The topological polar surface area (TPSA) is 38.0 Å². The number of hydrogen-bond acceptors (Lipinski definition) is 2. The fourth-order valence-electron chi connectivity index (χ4n) is 1.79. The van der Waals surface area contributed by atoms with Gasteiger partial charge in [-0.15, -0.1) is 0 Å². The number of rotatable bonds is 4. The fourth-order valence-corrected chi connectivity index (χ4v) is 1.79. The summed E-state index contributed by atoms with van der Waals surface area (Å²) in [5.74, 6) is -0.279. The molecule has 0 spiro atoms. The Morgan fingerprint density at radius 1 is 1.41 bits per heavy atom. The molecule has 0 bridgehead atoms. The van der Waals surface area contributed by atoms with Crippen LogP contribution in [-0.2, 0) is 6.54 Å². The maximum Gasteiger partial charge on any atom is 0.295 e. The predicted octanol–water partition coefficient (Wildman–Crippen LogP) is 1.15. The fraction of sp³-hybridized carbons (Fsp3) is 0.364. The average Bonchev–Trinajstić information content (AvgIpc) is 2.64. The summed E-state index contributed by atoms with van der Waals surface area (Å²) in [5.41, 5.74) is 1.57. The minimum Gasteiger partial charge on any atom is -0.396 e. The molecular weight excluding hydrogens is 225 g/mol. The number of aliphatic hydroxyl groups is 1. The molecule has 2 aromatic rings. The number of nitrogens with zero attached hydrogens (tertiary/aromatic N) is 2. The van der Waals surface area contributed by atoms with Crippen LogP contribution in [0.2, 0.25) is 0 Å². The van der Waals surface area contributed by atoms with Crippen molar-refractivity contribution in [3.63, 3.8) is 0 Å². The van der Waals surface area contributed by atoms with Gasteiger partial charge in [0.2, 0.25) is 0 Å². The van der Waals surface area contributed by atoms with E-state index in [9.17, 15) is 8.78 Å². The Morgan fingerprint density at radius 2 is 2.18 bits per heavy atom. The SMILES string of the molecule is [B]c1ccc2nc(C(F)F)n(CCCO)c2c1. The van der Waals surface area contributed by atoms with E-state index in [0.29, 0.717) is 29.5 Å². The lowest BCUT2D eigenvalue weighted by Gasteiger charge is -2.07. The van der Waals surface area contributed by atoms with Gasteiger partial charge in [-0.1, -0.05) is 11.5 Å². The zero-order chi connectivity index (χ0) is 12.4. The maximum atomic E-state index is 12.8. The van der Waals surface area contributed by atoms with E-state index in [-0.39, 0.29) is 12.4 Å². The van der Waals surface area contributed by atoms with Gasteiger partial charge in [0.25, 0.3) is 6.43 Å². The number of halogens is 2. The third kappa shape index (κ3) is 2.31. The lowest BCUT2D eigenvalue weighted by atomic mass is 9.96. The van der Waals surface area contributed by atoms with E-state index in [4.69, 9.17) is 13.0 Å². The quantitative estimate of drug-likeness (QED) is 0.808. The van der Waals surface area contributed by atoms with Gasteiger partial charge in [0.15, 0.2) is 5.82 Å². The van der Waals surface area contributed by atoms with Crippen LogP contribution in [0.5, 0.6) is 0 Å². The first-order chi connectivity index (χ1) is 8.13. The summed E-state index contributed by atoms with van der Waals surface area (Å²) >= 11 is 0. The molecule has 0 aliphatic carbocycles. The van der Waals surface area contributed by atoms with Crippen LogP contribution in [0.25, 0.3) is 11.0 Å². The number of alkyl halides is 2. The molecule has 6 heteroatoms. The second-order valence-electron chi connectivity index (χ2n) is 3.75. The Hall–Kier alpha value is -1.43. The van der Waals surface area contributed by atoms with Gasteiger partial charge in [0.1, 0.15) is 7.85 Å². The Morgan fingerprint density at radius 3 is 2.82 bits per heavy atom. The number of aryl methyl sites for hydroxylation is 1. The van der Waals surface area contributed by atoms with Gasteiger partial charge in [-0.05, 0) is 18.6 Å². The van der Waals surface area contributed by atoms with E-state index in [1.54, 1.807) is 18.2 Å². The summed E-state index contributed by atoms with van der Waals surface area (Å²) < 4.78 is 27.0. The Kier molecular flexibility index (Phi) is 3.42. The van der Waals surface area contributed by atoms with Crippen LogP contribution in [-0.4, -0.2) is 29.1 Å². The molecule has 1 N–H and O–H groups in total. The molecule has 88 valence electrons. The van der Waals surface area contributed by atoms with Crippen LogP contribution < -0.4 is 5.46 Å². The van der Waals surface area contributed by atoms with E-state index in [2.05, 4.69) is 4.98 Å². The highest BCUT2D eigenvalue weighted by Crippen LogP contribution is 2.23. The lowest BCUT2D eigenvalue weighted by Crippen LogP contribution is -2.07. The van der Waals surface area contributed by atoms with Gasteiger partial charge in [-0.25, -0.2) is 13.8 Å². The molecule has 0 atom stereocenters. The summed E-state index contributed by atoms with van der Waals surface area (Å²) in [6, 6.07) is 4.86. The highest BCUT2D eigenvalue weighted by atomic mass is 19.3. The van der Waals surface area contributed by atoms with E-state index in [1.165, 1.54) is 4.57 Å². The van der Waals surface area contributed by atoms with E-state index < -0.39 is 6.43 Å². The van der Waals surface area contributed by atoms with Gasteiger partial charge in [0, 0.05) is 13.2 Å². The van der Waals surface area contributed by atoms with Crippen molar-refractivity contribution in [1.82, 2.24) is 9.55 Å². The summed E-state index contributed by atoms with van der Waals surface area (Å²) in [6.45, 7) is 0.251. The minimum absolute atomic E-state index is 0.0509. The molecule has 17 heavy (non-hydrogen) atoms. The average molecular weight is 236 g/mol. The second kappa shape index (κ2) is 4.83. The summed E-state index contributed by atoms with van der Waals surface area (Å²) in [6.07, 6.45) is -2.23. The molecule has 0 unspecified atom stereocenters. The molecule has 0 saturated carbocycles. The molecule has 1 heterocycles. The first-order valence-electron chi connectivity index (χ1n) is 5.28. The van der Waals surface area contributed by atoms with Crippen molar-refractivity contribution in [2.24, 2.45) is 0 Å². The zero-order valence-electron chi connectivity index (χ0n) is 9.11. The number of aliphatic hydroxyl groups excluding tert-OH is 1. The molecule has 2 radical (unpaired) electrons. The molecule has 0 aliphatic heterocycles. The molecule has 1 aromatic carbocycles. The van der Waals surface area contributed by atoms with E-state index >= 15 is 0 Å². The Balaban J connectivity index is 2.56. The molecule has 3 nitrogen and oxygen atoms in total. The summed E-state index contributed by atoms with van der Waals surface area (Å²) in [4.78, 5) is 3.88. The third-order valence-electron chi connectivity index (χ3n) is 2.54. The van der Waals surface area contributed by atoms with Crippen molar-refractivity contribution >= 4 is 24.3 Å². The number of hydrogen-bond donors (Lipinski definition) is 1.